The number of pyridine rings is 1. The highest BCUT2D eigenvalue weighted by molar-refractivity contribution is 6.32. The van der Waals surface area contributed by atoms with Gasteiger partial charge in [-0.2, -0.15) is 0 Å². The van der Waals surface area contributed by atoms with Crippen LogP contribution >= 0.6 is 11.6 Å². The molecule has 2 aromatic rings. The molecule has 3 N–H and O–H groups in total. The summed E-state index contributed by atoms with van der Waals surface area (Å²) in [6.45, 7) is 2.07. The van der Waals surface area contributed by atoms with Gasteiger partial charge >= 0.3 is 0 Å². The summed E-state index contributed by atoms with van der Waals surface area (Å²) < 4.78 is 0. The fourth-order valence-corrected chi connectivity index (χ4v) is 2.26. The number of benzene rings is 1. The second-order valence-corrected chi connectivity index (χ2v) is 5.20. The van der Waals surface area contributed by atoms with Crippen molar-refractivity contribution in [3.05, 3.63) is 35.5 Å². The number of anilines is 1. The molecule has 1 aromatic carbocycles. The summed E-state index contributed by atoms with van der Waals surface area (Å²) in [6.07, 6.45) is 4.31. The van der Waals surface area contributed by atoms with Crippen LogP contribution in [0.5, 0.6) is 0 Å². The maximum atomic E-state index is 12.1. The van der Waals surface area contributed by atoms with Gasteiger partial charge in [0.2, 0.25) is 5.91 Å². The third-order valence-corrected chi connectivity index (χ3v) is 3.35. The number of halogens is 1. The number of nitrogens with one attached hydrogen (secondary N) is 1. The SMILES string of the molecule is CCCC[C@H](N)C(=O)Nc1cc(Cl)cc2cccnc12. The fourth-order valence-electron chi connectivity index (χ4n) is 2.03. The first-order valence-corrected chi connectivity index (χ1v) is 7.10. The summed E-state index contributed by atoms with van der Waals surface area (Å²) in [7, 11) is 0. The number of fused-ring (bicyclic) bond motifs is 1. The Labute approximate surface area is 123 Å². The number of unbranched alkanes of at least 4 members (excludes halogenated alkanes) is 1. The van der Waals surface area contributed by atoms with Crippen LogP contribution in [0.2, 0.25) is 5.02 Å². The Bertz CT molecular complexity index is 615. The predicted molar refractivity (Wildman–Crippen MR) is 82.9 cm³/mol. The van der Waals surface area contributed by atoms with E-state index in [1.807, 2.05) is 18.2 Å². The lowest BCUT2D eigenvalue weighted by Gasteiger charge is -2.13. The Morgan fingerprint density at radius 1 is 1.50 bits per heavy atom. The highest BCUT2D eigenvalue weighted by Gasteiger charge is 2.15. The Hall–Kier alpha value is -1.65. The van der Waals surface area contributed by atoms with Crippen LogP contribution in [0.25, 0.3) is 10.9 Å². The molecule has 2 rings (SSSR count). The van der Waals surface area contributed by atoms with Crippen molar-refractivity contribution in [1.82, 2.24) is 4.98 Å². The van der Waals surface area contributed by atoms with Crippen LogP contribution in [-0.4, -0.2) is 16.9 Å². The minimum absolute atomic E-state index is 0.201. The van der Waals surface area contributed by atoms with Gasteiger partial charge in [0, 0.05) is 16.6 Å². The number of nitrogens with two attached hydrogens (primary N) is 1. The standard InChI is InChI=1S/C15H18ClN3O/c1-2-3-6-12(17)15(20)19-13-9-11(16)8-10-5-4-7-18-14(10)13/h4-5,7-9,12H,2-3,6,17H2,1H3,(H,19,20)/t12-/m0/s1. The summed E-state index contributed by atoms with van der Waals surface area (Å²) in [5.74, 6) is -0.201. The molecule has 4 nitrogen and oxygen atoms in total. The molecular weight excluding hydrogens is 274 g/mol. The first-order chi connectivity index (χ1) is 9.61. The average molecular weight is 292 g/mol. The Balaban J connectivity index is 2.23. The summed E-state index contributed by atoms with van der Waals surface area (Å²) in [5, 5.41) is 4.27. The molecule has 0 radical (unpaired) electrons. The lowest BCUT2D eigenvalue weighted by Crippen LogP contribution is -2.35. The number of hydrogen-bond acceptors (Lipinski definition) is 3. The van der Waals surface area contributed by atoms with Gasteiger partial charge in [-0.05, 0) is 24.6 Å². The van der Waals surface area contributed by atoms with Crippen molar-refractivity contribution in [2.24, 2.45) is 5.73 Å². The van der Waals surface area contributed by atoms with Crippen LogP contribution in [0.3, 0.4) is 0 Å². The molecule has 1 aromatic heterocycles. The van der Waals surface area contributed by atoms with E-state index in [9.17, 15) is 4.79 Å². The summed E-state index contributed by atoms with van der Waals surface area (Å²) in [5.41, 5.74) is 7.19. The first kappa shape index (κ1) is 14.8. The van der Waals surface area contributed by atoms with Crippen LogP contribution in [0.15, 0.2) is 30.5 Å². The third-order valence-electron chi connectivity index (χ3n) is 3.13. The van der Waals surface area contributed by atoms with Gasteiger partial charge in [0.25, 0.3) is 0 Å². The maximum absolute atomic E-state index is 12.1. The maximum Gasteiger partial charge on any atom is 0.241 e. The van der Waals surface area contributed by atoms with E-state index < -0.39 is 6.04 Å². The molecule has 0 spiro atoms. The molecule has 1 atom stereocenters. The smallest absolute Gasteiger partial charge is 0.241 e. The Morgan fingerprint density at radius 2 is 2.30 bits per heavy atom. The molecule has 0 aliphatic heterocycles. The van der Waals surface area contributed by atoms with Crippen LogP contribution < -0.4 is 11.1 Å². The number of aromatic nitrogens is 1. The van der Waals surface area contributed by atoms with Gasteiger partial charge in [0.05, 0.1) is 17.2 Å². The Morgan fingerprint density at radius 3 is 3.05 bits per heavy atom. The van der Waals surface area contributed by atoms with E-state index in [4.69, 9.17) is 17.3 Å². The molecule has 0 saturated carbocycles. The lowest BCUT2D eigenvalue weighted by atomic mass is 10.1. The molecule has 0 unspecified atom stereocenters. The number of rotatable bonds is 5. The highest BCUT2D eigenvalue weighted by atomic mass is 35.5. The zero-order valence-electron chi connectivity index (χ0n) is 11.4. The van der Waals surface area contributed by atoms with Gasteiger partial charge in [-0.1, -0.05) is 37.4 Å². The van der Waals surface area contributed by atoms with E-state index in [1.165, 1.54) is 0 Å². The second kappa shape index (κ2) is 6.68. The van der Waals surface area contributed by atoms with Gasteiger partial charge in [-0.25, -0.2) is 0 Å². The Kier molecular flexibility index (Phi) is 4.93. The van der Waals surface area contributed by atoms with Gasteiger partial charge in [0.1, 0.15) is 0 Å². The molecule has 0 bridgehead atoms. The van der Waals surface area contributed by atoms with E-state index in [2.05, 4.69) is 17.2 Å². The first-order valence-electron chi connectivity index (χ1n) is 6.72. The van der Waals surface area contributed by atoms with Gasteiger partial charge in [-0.15, -0.1) is 0 Å². The van der Waals surface area contributed by atoms with Crippen LogP contribution in [0.4, 0.5) is 5.69 Å². The molecule has 0 saturated heterocycles. The predicted octanol–water partition coefficient (Wildman–Crippen LogP) is 3.34. The molecule has 0 fully saturated rings. The number of carbonyl (C=O) groups excluding carboxylic acids is 1. The third kappa shape index (κ3) is 3.46. The lowest BCUT2D eigenvalue weighted by molar-refractivity contribution is -0.117. The monoisotopic (exact) mass is 291 g/mol. The van der Waals surface area contributed by atoms with E-state index in [1.54, 1.807) is 12.3 Å². The summed E-state index contributed by atoms with van der Waals surface area (Å²) in [4.78, 5) is 16.3. The molecule has 0 aliphatic rings. The number of carbonyl (C=O) groups is 1. The number of nitrogens with zero attached hydrogens (tertiary/aromatic N) is 1. The molecule has 20 heavy (non-hydrogen) atoms. The van der Waals surface area contributed by atoms with Gasteiger partial charge in [-0.3, -0.25) is 9.78 Å². The van der Waals surface area contributed by atoms with Crippen LogP contribution in [0.1, 0.15) is 26.2 Å². The van der Waals surface area contributed by atoms with Crippen LogP contribution in [-0.2, 0) is 4.79 Å². The van der Waals surface area contributed by atoms with E-state index in [0.717, 1.165) is 18.2 Å². The zero-order valence-corrected chi connectivity index (χ0v) is 12.2. The normalized spacial score (nSPS) is 12.3. The molecule has 106 valence electrons. The largest absolute Gasteiger partial charge is 0.323 e. The summed E-state index contributed by atoms with van der Waals surface area (Å²) >= 11 is 6.06. The van der Waals surface area contributed by atoms with Crippen LogP contribution in [0, 0.1) is 0 Å². The summed E-state index contributed by atoms with van der Waals surface area (Å²) in [6, 6.07) is 6.74. The molecular formula is C15H18ClN3O. The van der Waals surface area contributed by atoms with Gasteiger partial charge < -0.3 is 11.1 Å². The van der Waals surface area contributed by atoms with Crippen molar-refractivity contribution in [3.8, 4) is 0 Å². The quantitative estimate of drug-likeness (QED) is 0.888. The fraction of sp³-hybridized carbons (Fsp3) is 0.333. The number of amides is 1. The van der Waals surface area contributed by atoms with E-state index in [-0.39, 0.29) is 5.91 Å². The van der Waals surface area contributed by atoms with E-state index in [0.29, 0.717) is 22.6 Å². The van der Waals surface area contributed by atoms with Crippen molar-refractivity contribution in [3.63, 3.8) is 0 Å². The molecule has 0 aliphatic carbocycles. The zero-order chi connectivity index (χ0) is 14.5. The van der Waals surface area contributed by atoms with Crippen molar-refractivity contribution in [1.29, 1.82) is 0 Å². The topological polar surface area (TPSA) is 68.0 Å². The molecule has 1 heterocycles. The van der Waals surface area contributed by atoms with Crippen molar-refractivity contribution in [2.45, 2.75) is 32.2 Å². The van der Waals surface area contributed by atoms with Gasteiger partial charge in [0.15, 0.2) is 0 Å². The molecule has 1 amide bonds. The van der Waals surface area contributed by atoms with Crippen molar-refractivity contribution < 1.29 is 4.79 Å². The van der Waals surface area contributed by atoms with E-state index >= 15 is 0 Å². The van der Waals surface area contributed by atoms with Crippen molar-refractivity contribution in [2.75, 3.05) is 5.32 Å². The van der Waals surface area contributed by atoms with Crippen molar-refractivity contribution >= 4 is 34.1 Å². The minimum atomic E-state index is -0.507. The number of hydrogen-bond donors (Lipinski definition) is 2. The highest BCUT2D eigenvalue weighted by Crippen LogP contribution is 2.26. The minimum Gasteiger partial charge on any atom is -0.323 e. The average Bonchev–Trinajstić information content (AvgIpc) is 2.44. The molecule has 5 heteroatoms. The second-order valence-electron chi connectivity index (χ2n) is 4.77.